The summed E-state index contributed by atoms with van der Waals surface area (Å²) in [6.45, 7) is 9.24. The minimum Gasteiger partial charge on any atom is -0.475 e. The molecule has 1 unspecified atom stereocenters. The van der Waals surface area contributed by atoms with Crippen LogP contribution in [0.5, 0.6) is 5.88 Å². The van der Waals surface area contributed by atoms with E-state index in [9.17, 15) is 9.59 Å². The third-order valence-electron chi connectivity index (χ3n) is 10.5. The number of hydrogen-bond donors (Lipinski definition) is 1. The van der Waals surface area contributed by atoms with Crippen molar-refractivity contribution in [3.8, 4) is 28.5 Å². The van der Waals surface area contributed by atoms with E-state index in [1.165, 1.54) is 0 Å². The van der Waals surface area contributed by atoms with Crippen LogP contribution in [0.2, 0.25) is 0 Å². The van der Waals surface area contributed by atoms with Crippen molar-refractivity contribution in [2.75, 3.05) is 62.2 Å². The largest absolute Gasteiger partial charge is 0.475 e. The Morgan fingerprint density at radius 2 is 1.71 bits per heavy atom. The number of hydrogen-bond acceptors (Lipinski definition) is 9. The van der Waals surface area contributed by atoms with Gasteiger partial charge in [-0.15, -0.1) is 0 Å². The minimum absolute atomic E-state index is 0.0451. The average molecular weight is 689 g/mol. The normalized spacial score (nSPS) is 19.9. The van der Waals surface area contributed by atoms with Gasteiger partial charge in [0.05, 0.1) is 23.6 Å². The van der Waals surface area contributed by atoms with Crippen LogP contribution in [-0.2, 0) is 16.6 Å². The Labute approximate surface area is 297 Å². The molecule has 0 saturated carbocycles. The summed E-state index contributed by atoms with van der Waals surface area (Å²) < 4.78 is 7.41. The molecular formula is C38H44N10O3. The van der Waals surface area contributed by atoms with Gasteiger partial charge in [-0.2, -0.15) is 10.2 Å². The molecule has 264 valence electrons. The number of aromatic amines is 1. The molecule has 3 fully saturated rings. The fourth-order valence-electron chi connectivity index (χ4n) is 7.81. The van der Waals surface area contributed by atoms with Crippen molar-refractivity contribution in [2.45, 2.75) is 39.2 Å². The molecule has 0 aliphatic carbocycles. The fourth-order valence-corrected chi connectivity index (χ4v) is 7.81. The fraction of sp³-hybridized carbons (Fsp3) is 0.421. The number of benzene rings is 2. The molecule has 1 atom stereocenters. The molecule has 3 saturated heterocycles. The summed E-state index contributed by atoms with van der Waals surface area (Å²) in [5, 5.41) is 13.0. The van der Waals surface area contributed by atoms with E-state index in [1.54, 1.807) is 17.2 Å². The smallest absolute Gasteiger partial charge is 0.236 e. The van der Waals surface area contributed by atoms with Crippen LogP contribution in [0.25, 0.3) is 33.5 Å². The number of pyridine rings is 1. The minimum atomic E-state index is -0.474. The van der Waals surface area contributed by atoms with Gasteiger partial charge in [-0.25, -0.2) is 9.97 Å². The Morgan fingerprint density at radius 1 is 0.922 bits per heavy atom. The van der Waals surface area contributed by atoms with Gasteiger partial charge in [0.15, 0.2) is 5.82 Å². The van der Waals surface area contributed by atoms with E-state index in [-0.39, 0.29) is 17.9 Å². The summed E-state index contributed by atoms with van der Waals surface area (Å²) in [6, 6.07) is 18.2. The van der Waals surface area contributed by atoms with Crippen LogP contribution in [0.1, 0.15) is 33.1 Å². The van der Waals surface area contributed by atoms with Gasteiger partial charge in [-0.1, -0.05) is 0 Å². The standard InChI is InChI=1S/C38H44N10O3/c1-26(2)51-33-12-7-28(22-39-33)35-31-21-30(10-11-32(31)41-42-35)48-15-4-13-38(37(48)50)14-16-45(24-38)23-34(49)47-19-17-46(18-20-47)29-8-5-27(6-9-29)36-40-25-44(3)43-36/h5-12,21-22,25-26H,4,13-20,23-24H2,1-3H3,(H,41,42). The second kappa shape index (κ2) is 13.4. The van der Waals surface area contributed by atoms with Gasteiger partial charge in [0.1, 0.15) is 12.0 Å². The number of piperazine rings is 1. The summed E-state index contributed by atoms with van der Waals surface area (Å²) in [7, 11) is 1.86. The highest BCUT2D eigenvalue weighted by Gasteiger charge is 2.49. The lowest BCUT2D eigenvalue weighted by Gasteiger charge is -2.40. The molecule has 3 aliphatic rings. The number of aromatic nitrogens is 6. The van der Waals surface area contributed by atoms with Gasteiger partial charge < -0.3 is 19.4 Å². The first-order valence-electron chi connectivity index (χ1n) is 17.9. The maximum absolute atomic E-state index is 14.3. The second-order valence-corrected chi connectivity index (χ2v) is 14.3. The molecule has 5 aromatic rings. The van der Waals surface area contributed by atoms with E-state index in [4.69, 9.17) is 4.74 Å². The maximum atomic E-state index is 14.3. The van der Waals surface area contributed by atoms with Crippen molar-refractivity contribution >= 4 is 34.1 Å². The molecule has 6 heterocycles. The number of H-pyrrole nitrogens is 1. The number of ether oxygens (including phenoxy) is 1. The summed E-state index contributed by atoms with van der Waals surface area (Å²) in [5.41, 5.74) is 5.08. The maximum Gasteiger partial charge on any atom is 0.236 e. The molecule has 8 rings (SSSR count). The van der Waals surface area contributed by atoms with Gasteiger partial charge in [0, 0.05) is 86.5 Å². The van der Waals surface area contributed by atoms with E-state index in [0.29, 0.717) is 44.4 Å². The lowest BCUT2D eigenvalue weighted by Crippen LogP contribution is -2.52. The van der Waals surface area contributed by atoms with Gasteiger partial charge in [-0.3, -0.25) is 24.3 Å². The zero-order valence-electron chi connectivity index (χ0n) is 29.5. The Kier molecular flexibility index (Phi) is 8.66. The number of amides is 2. The predicted molar refractivity (Wildman–Crippen MR) is 195 cm³/mol. The highest BCUT2D eigenvalue weighted by atomic mass is 16.5. The third kappa shape index (κ3) is 6.53. The molecule has 0 bridgehead atoms. The van der Waals surface area contributed by atoms with Gasteiger partial charge >= 0.3 is 0 Å². The number of anilines is 2. The van der Waals surface area contributed by atoms with Crippen molar-refractivity contribution < 1.29 is 14.3 Å². The zero-order chi connectivity index (χ0) is 35.1. The van der Waals surface area contributed by atoms with Crippen LogP contribution in [0.4, 0.5) is 11.4 Å². The third-order valence-corrected chi connectivity index (χ3v) is 10.5. The van der Waals surface area contributed by atoms with E-state index in [2.05, 4.69) is 53.3 Å². The van der Waals surface area contributed by atoms with Crippen LogP contribution in [0, 0.1) is 5.41 Å². The van der Waals surface area contributed by atoms with Crippen molar-refractivity contribution in [3.63, 3.8) is 0 Å². The topological polar surface area (TPSA) is 129 Å². The van der Waals surface area contributed by atoms with Crippen LogP contribution in [-0.4, -0.2) is 110 Å². The van der Waals surface area contributed by atoms with Crippen molar-refractivity contribution in [1.29, 1.82) is 0 Å². The number of carbonyl (C=O) groups is 2. The molecule has 51 heavy (non-hydrogen) atoms. The highest BCUT2D eigenvalue weighted by molar-refractivity contribution is 6.02. The number of rotatable bonds is 8. The molecule has 3 aromatic heterocycles. The first-order valence-corrected chi connectivity index (χ1v) is 17.9. The van der Waals surface area contributed by atoms with E-state index < -0.39 is 5.41 Å². The predicted octanol–water partition coefficient (Wildman–Crippen LogP) is 4.38. The number of fused-ring (bicyclic) bond motifs is 1. The molecule has 13 heteroatoms. The van der Waals surface area contributed by atoms with Crippen LogP contribution in [0.15, 0.2) is 67.1 Å². The Bertz CT molecular complexity index is 2030. The van der Waals surface area contributed by atoms with Crippen molar-refractivity contribution in [2.24, 2.45) is 12.5 Å². The summed E-state index contributed by atoms with van der Waals surface area (Å²) in [4.78, 5) is 45.0. The quantitative estimate of drug-likeness (QED) is 0.253. The first kappa shape index (κ1) is 32.9. The molecule has 13 nitrogen and oxygen atoms in total. The van der Waals surface area contributed by atoms with Crippen molar-refractivity contribution in [3.05, 3.63) is 67.1 Å². The van der Waals surface area contributed by atoms with E-state index in [1.807, 2.05) is 67.1 Å². The molecular weight excluding hydrogens is 644 g/mol. The Hall–Kier alpha value is -5.30. The molecule has 2 aromatic carbocycles. The van der Waals surface area contributed by atoms with Gasteiger partial charge in [0.2, 0.25) is 17.7 Å². The number of aryl methyl sites for hydroxylation is 1. The SMILES string of the molecule is CC(C)Oc1ccc(-c2n[nH]c3ccc(N4CCCC5(CCN(CC(=O)N6CCN(c7ccc(-c8ncn(C)n8)cc7)CC6)C5)C4=O)cc23)cn1. The number of nitrogens with one attached hydrogen (secondary N) is 1. The molecule has 2 amide bonds. The molecule has 1 spiro atoms. The Balaban J connectivity index is 0.885. The van der Waals surface area contributed by atoms with Crippen LogP contribution >= 0.6 is 0 Å². The van der Waals surface area contributed by atoms with Crippen LogP contribution in [0.3, 0.4) is 0 Å². The van der Waals surface area contributed by atoms with Crippen molar-refractivity contribution in [1.82, 2.24) is 39.7 Å². The molecule has 1 N–H and O–H groups in total. The summed E-state index contributed by atoms with van der Waals surface area (Å²) in [5.74, 6) is 1.58. The average Bonchev–Trinajstić information content (AvgIpc) is 3.88. The molecule has 0 radical (unpaired) electrons. The van der Waals surface area contributed by atoms with Crippen LogP contribution < -0.4 is 14.5 Å². The lowest BCUT2D eigenvalue weighted by atomic mass is 9.78. The number of carbonyl (C=O) groups excluding carboxylic acids is 2. The number of piperidine rings is 1. The second-order valence-electron chi connectivity index (χ2n) is 14.3. The summed E-state index contributed by atoms with van der Waals surface area (Å²) >= 11 is 0. The molecule has 3 aliphatic heterocycles. The van der Waals surface area contributed by atoms with E-state index in [0.717, 1.165) is 78.0 Å². The Morgan fingerprint density at radius 3 is 2.43 bits per heavy atom. The van der Waals surface area contributed by atoms with Gasteiger partial charge in [0.25, 0.3) is 0 Å². The zero-order valence-corrected chi connectivity index (χ0v) is 29.5. The number of nitrogens with zero attached hydrogens (tertiary/aromatic N) is 9. The number of likely N-dealkylation sites (tertiary alicyclic amines) is 1. The van der Waals surface area contributed by atoms with Gasteiger partial charge in [-0.05, 0) is 88.2 Å². The van der Waals surface area contributed by atoms with E-state index >= 15 is 0 Å². The highest BCUT2D eigenvalue weighted by Crippen LogP contribution is 2.42. The monoisotopic (exact) mass is 688 g/mol. The lowest BCUT2D eigenvalue weighted by molar-refractivity contribution is -0.134. The first-order chi connectivity index (χ1) is 24.7. The summed E-state index contributed by atoms with van der Waals surface area (Å²) in [6.07, 6.45) is 6.05.